The van der Waals surface area contributed by atoms with Gasteiger partial charge in [-0.2, -0.15) is 0 Å². The number of hydrogen-bond donors (Lipinski definition) is 1. The number of pyridine rings is 1. The van der Waals surface area contributed by atoms with Crippen LogP contribution >= 0.6 is 0 Å². The third-order valence-corrected chi connectivity index (χ3v) is 2.87. The Morgan fingerprint density at radius 3 is 2.86 bits per heavy atom. The van der Waals surface area contributed by atoms with E-state index in [4.69, 9.17) is 9.15 Å². The standard InChI is InChI=1S/C15H18N2O4/c1-4-20-14-6-5-11(8-17-14)16-9-12-7-13(10(2)21-12)15(18)19-3/h5-8,16H,4,9H2,1-3H3. The van der Waals surface area contributed by atoms with Gasteiger partial charge in [0.2, 0.25) is 5.88 Å². The third kappa shape index (κ3) is 3.75. The first-order valence-corrected chi connectivity index (χ1v) is 6.64. The number of carbonyl (C=O) groups excluding carboxylic acids is 1. The maximum atomic E-state index is 11.5. The zero-order valence-electron chi connectivity index (χ0n) is 12.3. The van der Waals surface area contributed by atoms with E-state index in [2.05, 4.69) is 15.0 Å². The fraction of sp³-hybridized carbons (Fsp3) is 0.333. The van der Waals surface area contributed by atoms with Crippen molar-refractivity contribution in [1.82, 2.24) is 4.98 Å². The van der Waals surface area contributed by atoms with E-state index >= 15 is 0 Å². The molecule has 1 N–H and O–H groups in total. The second-order valence-electron chi connectivity index (χ2n) is 4.35. The van der Waals surface area contributed by atoms with E-state index < -0.39 is 5.97 Å². The maximum absolute atomic E-state index is 11.5. The number of rotatable bonds is 6. The van der Waals surface area contributed by atoms with Crippen molar-refractivity contribution in [1.29, 1.82) is 0 Å². The van der Waals surface area contributed by atoms with Gasteiger partial charge in [-0.3, -0.25) is 0 Å². The van der Waals surface area contributed by atoms with Crippen molar-refractivity contribution in [3.63, 3.8) is 0 Å². The molecule has 0 aliphatic rings. The minimum atomic E-state index is -0.398. The second-order valence-corrected chi connectivity index (χ2v) is 4.35. The number of aromatic nitrogens is 1. The van der Waals surface area contributed by atoms with Crippen LogP contribution in [-0.4, -0.2) is 24.7 Å². The fourth-order valence-electron chi connectivity index (χ4n) is 1.85. The minimum absolute atomic E-state index is 0.398. The third-order valence-electron chi connectivity index (χ3n) is 2.87. The highest BCUT2D eigenvalue weighted by Gasteiger charge is 2.15. The summed E-state index contributed by atoms with van der Waals surface area (Å²) in [6.45, 7) is 4.68. The highest BCUT2D eigenvalue weighted by Crippen LogP contribution is 2.18. The Balaban J connectivity index is 1.98. The Kier molecular flexibility index (Phi) is 4.81. The van der Waals surface area contributed by atoms with Gasteiger partial charge in [0.15, 0.2) is 0 Å². The van der Waals surface area contributed by atoms with Gasteiger partial charge < -0.3 is 19.2 Å². The first-order valence-electron chi connectivity index (χ1n) is 6.64. The number of nitrogens with one attached hydrogen (secondary N) is 1. The van der Waals surface area contributed by atoms with Gasteiger partial charge in [-0.25, -0.2) is 9.78 Å². The molecule has 2 rings (SSSR count). The van der Waals surface area contributed by atoms with Gasteiger partial charge in [0, 0.05) is 6.07 Å². The summed E-state index contributed by atoms with van der Waals surface area (Å²) in [5.41, 5.74) is 1.28. The maximum Gasteiger partial charge on any atom is 0.341 e. The van der Waals surface area contributed by atoms with Gasteiger partial charge in [-0.1, -0.05) is 0 Å². The molecule has 0 atom stereocenters. The summed E-state index contributed by atoms with van der Waals surface area (Å²) < 4.78 is 15.5. The van der Waals surface area contributed by atoms with E-state index in [1.54, 1.807) is 25.3 Å². The van der Waals surface area contributed by atoms with Crippen LogP contribution < -0.4 is 10.1 Å². The first-order chi connectivity index (χ1) is 10.1. The number of hydrogen-bond acceptors (Lipinski definition) is 6. The number of nitrogens with zero attached hydrogens (tertiary/aromatic N) is 1. The zero-order chi connectivity index (χ0) is 15.2. The number of methoxy groups -OCH3 is 1. The van der Waals surface area contributed by atoms with E-state index in [9.17, 15) is 4.79 Å². The van der Waals surface area contributed by atoms with Crippen molar-refractivity contribution in [3.05, 3.63) is 41.5 Å². The van der Waals surface area contributed by atoms with Crippen LogP contribution in [0.15, 0.2) is 28.8 Å². The normalized spacial score (nSPS) is 10.2. The van der Waals surface area contributed by atoms with Gasteiger partial charge in [0.05, 0.1) is 32.1 Å². The van der Waals surface area contributed by atoms with Crippen LogP contribution in [0.2, 0.25) is 0 Å². The number of aryl methyl sites for hydroxylation is 1. The Hall–Kier alpha value is -2.50. The molecule has 0 bridgehead atoms. The first kappa shape index (κ1) is 14.9. The van der Waals surface area contributed by atoms with E-state index in [1.807, 2.05) is 13.0 Å². The van der Waals surface area contributed by atoms with Crippen LogP contribution in [0.25, 0.3) is 0 Å². The molecular weight excluding hydrogens is 272 g/mol. The van der Waals surface area contributed by atoms with Gasteiger partial charge in [0.25, 0.3) is 0 Å². The van der Waals surface area contributed by atoms with Crippen molar-refractivity contribution in [2.75, 3.05) is 19.0 Å². The van der Waals surface area contributed by atoms with Crippen LogP contribution in [-0.2, 0) is 11.3 Å². The number of esters is 1. The predicted molar refractivity (Wildman–Crippen MR) is 77.5 cm³/mol. The molecule has 0 saturated heterocycles. The van der Waals surface area contributed by atoms with Crippen molar-refractivity contribution in [2.24, 2.45) is 0 Å². The summed E-state index contributed by atoms with van der Waals surface area (Å²) in [5.74, 6) is 1.39. The molecular formula is C15H18N2O4. The van der Waals surface area contributed by atoms with Crippen LogP contribution in [0, 0.1) is 6.92 Å². The smallest absolute Gasteiger partial charge is 0.341 e. The lowest BCUT2D eigenvalue weighted by molar-refractivity contribution is 0.0599. The van der Waals surface area contributed by atoms with Gasteiger partial charge in [-0.05, 0) is 26.0 Å². The highest BCUT2D eigenvalue weighted by molar-refractivity contribution is 5.90. The lowest BCUT2D eigenvalue weighted by Gasteiger charge is -2.05. The summed E-state index contributed by atoms with van der Waals surface area (Å²) in [6.07, 6.45) is 1.68. The molecule has 0 radical (unpaired) electrons. The van der Waals surface area contributed by atoms with Crippen LogP contribution in [0.4, 0.5) is 5.69 Å². The van der Waals surface area contributed by atoms with Crippen molar-refractivity contribution < 1.29 is 18.7 Å². The SMILES string of the molecule is CCOc1ccc(NCc2cc(C(=O)OC)c(C)o2)cn1. The molecule has 2 aromatic heterocycles. The molecule has 0 aromatic carbocycles. The number of ether oxygens (including phenoxy) is 2. The molecule has 0 spiro atoms. The minimum Gasteiger partial charge on any atom is -0.478 e. The lowest BCUT2D eigenvalue weighted by Crippen LogP contribution is -2.01. The summed E-state index contributed by atoms with van der Waals surface area (Å²) >= 11 is 0. The zero-order valence-corrected chi connectivity index (χ0v) is 12.3. The van der Waals surface area contributed by atoms with Crippen molar-refractivity contribution >= 4 is 11.7 Å². The van der Waals surface area contributed by atoms with Crippen molar-refractivity contribution in [2.45, 2.75) is 20.4 Å². The largest absolute Gasteiger partial charge is 0.478 e. The van der Waals surface area contributed by atoms with E-state index in [0.29, 0.717) is 36.1 Å². The van der Waals surface area contributed by atoms with Gasteiger partial charge in [0.1, 0.15) is 17.1 Å². The number of carbonyl (C=O) groups is 1. The van der Waals surface area contributed by atoms with E-state index in [-0.39, 0.29) is 0 Å². The second kappa shape index (κ2) is 6.78. The molecule has 0 aliphatic carbocycles. The highest BCUT2D eigenvalue weighted by atomic mass is 16.5. The molecule has 112 valence electrons. The van der Waals surface area contributed by atoms with Crippen LogP contribution in [0.1, 0.15) is 28.8 Å². The predicted octanol–water partition coefficient (Wildman–Crippen LogP) is 2.78. The molecule has 21 heavy (non-hydrogen) atoms. The molecule has 6 nitrogen and oxygen atoms in total. The molecule has 0 fully saturated rings. The summed E-state index contributed by atoms with van der Waals surface area (Å²) in [4.78, 5) is 15.6. The average Bonchev–Trinajstić information content (AvgIpc) is 2.87. The monoisotopic (exact) mass is 290 g/mol. The molecule has 2 aromatic rings. The molecule has 0 amide bonds. The fourth-order valence-corrected chi connectivity index (χ4v) is 1.85. The topological polar surface area (TPSA) is 73.6 Å². The van der Waals surface area contributed by atoms with Gasteiger partial charge >= 0.3 is 5.97 Å². The summed E-state index contributed by atoms with van der Waals surface area (Å²) in [7, 11) is 1.35. The molecule has 6 heteroatoms. The van der Waals surface area contributed by atoms with E-state index in [0.717, 1.165) is 5.69 Å². The lowest BCUT2D eigenvalue weighted by atomic mass is 10.2. The quantitative estimate of drug-likeness (QED) is 0.825. The molecule has 0 saturated carbocycles. The number of anilines is 1. The van der Waals surface area contributed by atoms with Crippen LogP contribution in [0.5, 0.6) is 5.88 Å². The van der Waals surface area contributed by atoms with Crippen LogP contribution in [0.3, 0.4) is 0 Å². The van der Waals surface area contributed by atoms with Crippen molar-refractivity contribution in [3.8, 4) is 5.88 Å². The molecule has 0 aliphatic heterocycles. The Morgan fingerprint density at radius 2 is 2.24 bits per heavy atom. The van der Waals surface area contributed by atoms with E-state index in [1.165, 1.54) is 7.11 Å². The Bertz CT molecular complexity index is 605. The van der Waals surface area contributed by atoms with Gasteiger partial charge in [-0.15, -0.1) is 0 Å². The number of furan rings is 1. The summed E-state index contributed by atoms with van der Waals surface area (Å²) in [6, 6.07) is 5.34. The Labute approximate surface area is 123 Å². The summed E-state index contributed by atoms with van der Waals surface area (Å²) in [5, 5.41) is 3.16. The molecule has 2 heterocycles. The molecule has 0 unspecified atom stereocenters. The Morgan fingerprint density at radius 1 is 1.43 bits per heavy atom. The average molecular weight is 290 g/mol.